The number of Topliss-reactive ketones (excluding diaryl/α,β-unsaturated/α-hetero) is 1. The smallest absolute Gasteiger partial charge is 0.132 e. The van der Waals surface area contributed by atoms with Crippen molar-refractivity contribution in [1.29, 1.82) is 0 Å². The molecule has 0 aromatic heterocycles. The van der Waals surface area contributed by atoms with Crippen molar-refractivity contribution in [3.63, 3.8) is 0 Å². The molecule has 124 valence electrons. The minimum Gasteiger partial charge on any atom is -0.300 e. The Hall–Kier alpha value is -0.330. The van der Waals surface area contributed by atoms with Crippen LogP contribution in [0.4, 0.5) is 0 Å². The molecule has 1 nitrogen and oxygen atoms in total. The maximum absolute atomic E-state index is 11.9. The molecule has 4 fully saturated rings. The minimum absolute atomic E-state index is 0.384. The minimum atomic E-state index is 0.384. The summed E-state index contributed by atoms with van der Waals surface area (Å²) in [6.45, 7) is 7.04. The largest absolute Gasteiger partial charge is 0.300 e. The lowest BCUT2D eigenvalue weighted by molar-refractivity contribution is -0.133. The van der Waals surface area contributed by atoms with Gasteiger partial charge >= 0.3 is 0 Å². The maximum atomic E-state index is 11.9. The second-order valence-corrected chi connectivity index (χ2v) is 9.82. The molecule has 4 rings (SSSR count). The van der Waals surface area contributed by atoms with E-state index < -0.39 is 0 Å². The molecule has 4 aliphatic rings. The van der Waals surface area contributed by atoms with Crippen molar-refractivity contribution < 1.29 is 4.79 Å². The highest BCUT2D eigenvalue weighted by Crippen LogP contribution is 2.66. The topological polar surface area (TPSA) is 17.1 Å². The SMILES string of the molecule is CC(=O)[C@@H]1CC[C@@]2(C)[C@@H](CC[C@@H]3[C@H]4CCC[C@@]4(C)CC[C@H]32)C1. The molecule has 0 aromatic carbocycles. The summed E-state index contributed by atoms with van der Waals surface area (Å²) in [6, 6.07) is 0. The van der Waals surface area contributed by atoms with Crippen LogP contribution in [0.25, 0.3) is 0 Å². The van der Waals surface area contributed by atoms with Crippen LogP contribution < -0.4 is 0 Å². The summed E-state index contributed by atoms with van der Waals surface area (Å²) in [5.74, 6) is 4.68. The lowest BCUT2D eigenvalue weighted by Gasteiger charge is -2.60. The van der Waals surface area contributed by atoms with Gasteiger partial charge in [0.25, 0.3) is 0 Å². The van der Waals surface area contributed by atoms with Gasteiger partial charge < -0.3 is 0 Å². The van der Waals surface area contributed by atoms with Crippen LogP contribution in [-0.4, -0.2) is 5.78 Å². The number of hydrogen-bond donors (Lipinski definition) is 0. The van der Waals surface area contributed by atoms with Crippen molar-refractivity contribution in [3.05, 3.63) is 0 Å². The Kier molecular flexibility index (Phi) is 3.51. The fourth-order valence-electron chi connectivity index (χ4n) is 7.62. The van der Waals surface area contributed by atoms with Crippen LogP contribution in [0, 0.1) is 40.4 Å². The monoisotopic (exact) mass is 302 g/mol. The zero-order chi connectivity index (χ0) is 15.5. The quantitative estimate of drug-likeness (QED) is 0.614. The zero-order valence-corrected chi connectivity index (χ0v) is 14.9. The fourth-order valence-corrected chi connectivity index (χ4v) is 7.62. The van der Waals surface area contributed by atoms with E-state index in [1.54, 1.807) is 0 Å². The molecule has 0 aliphatic heterocycles. The highest BCUT2D eigenvalue weighted by Gasteiger charge is 2.57. The first-order valence-electron chi connectivity index (χ1n) is 9.94. The number of ketones is 1. The number of carbonyl (C=O) groups is 1. The summed E-state index contributed by atoms with van der Waals surface area (Å²) in [5.41, 5.74) is 1.24. The molecule has 0 aromatic rings. The van der Waals surface area contributed by atoms with Gasteiger partial charge in [-0.2, -0.15) is 0 Å². The Labute approximate surface area is 136 Å². The predicted molar refractivity (Wildman–Crippen MR) is 90.5 cm³/mol. The van der Waals surface area contributed by atoms with Crippen LogP contribution in [0.5, 0.6) is 0 Å². The molecule has 0 N–H and O–H groups in total. The van der Waals surface area contributed by atoms with Crippen molar-refractivity contribution >= 4 is 5.78 Å². The van der Waals surface area contributed by atoms with Gasteiger partial charge in [0.1, 0.15) is 5.78 Å². The molecule has 0 radical (unpaired) electrons. The fraction of sp³-hybridized carbons (Fsp3) is 0.952. The second-order valence-electron chi connectivity index (χ2n) is 9.82. The highest BCUT2D eigenvalue weighted by atomic mass is 16.1. The average Bonchev–Trinajstić information content (AvgIpc) is 2.88. The van der Waals surface area contributed by atoms with E-state index in [2.05, 4.69) is 13.8 Å². The molecule has 0 spiro atoms. The Balaban J connectivity index is 1.58. The molecule has 0 bridgehead atoms. The van der Waals surface area contributed by atoms with E-state index in [1.807, 2.05) is 6.92 Å². The molecule has 7 atom stereocenters. The Morgan fingerprint density at radius 1 is 0.909 bits per heavy atom. The molecule has 1 heteroatoms. The van der Waals surface area contributed by atoms with Gasteiger partial charge in [-0.05, 0) is 99.2 Å². The van der Waals surface area contributed by atoms with Gasteiger partial charge in [0.05, 0.1) is 0 Å². The average molecular weight is 303 g/mol. The standard InChI is InChI=1S/C21H34O/c1-14(22)15-8-12-21(3)16(13-15)6-7-17-18-5-4-10-20(18,2)11-9-19(17)21/h15-19H,4-13H2,1-3H3/t15-,16+,17-,18-,19-,20+,21+/m1/s1. The molecular formula is C21H34O. The van der Waals surface area contributed by atoms with Crippen LogP contribution in [0.1, 0.15) is 85.0 Å². The number of carbonyl (C=O) groups excluding carboxylic acids is 1. The van der Waals surface area contributed by atoms with E-state index in [4.69, 9.17) is 0 Å². The van der Waals surface area contributed by atoms with Crippen molar-refractivity contribution in [2.24, 2.45) is 40.4 Å². The maximum Gasteiger partial charge on any atom is 0.132 e. The summed E-state index contributed by atoms with van der Waals surface area (Å²) in [7, 11) is 0. The van der Waals surface area contributed by atoms with Gasteiger partial charge in [-0.3, -0.25) is 4.79 Å². The third-order valence-electron chi connectivity index (χ3n) is 9.02. The third kappa shape index (κ3) is 2.06. The molecule has 0 unspecified atom stereocenters. The lowest BCUT2D eigenvalue weighted by atomic mass is 9.44. The van der Waals surface area contributed by atoms with Gasteiger partial charge in [-0.15, -0.1) is 0 Å². The predicted octanol–water partition coefficient (Wildman–Crippen LogP) is 5.62. The van der Waals surface area contributed by atoms with Gasteiger partial charge in [0.15, 0.2) is 0 Å². The third-order valence-corrected chi connectivity index (χ3v) is 9.02. The second kappa shape index (κ2) is 5.08. The van der Waals surface area contributed by atoms with Crippen molar-refractivity contribution in [2.75, 3.05) is 0 Å². The number of rotatable bonds is 1. The van der Waals surface area contributed by atoms with Crippen molar-refractivity contribution in [3.8, 4) is 0 Å². The first-order chi connectivity index (χ1) is 10.4. The van der Waals surface area contributed by atoms with E-state index in [1.165, 1.54) is 64.2 Å². The van der Waals surface area contributed by atoms with E-state index in [0.717, 1.165) is 23.7 Å². The summed E-state index contributed by atoms with van der Waals surface area (Å²) >= 11 is 0. The Bertz CT molecular complexity index is 469. The van der Waals surface area contributed by atoms with Crippen molar-refractivity contribution in [1.82, 2.24) is 0 Å². The number of fused-ring (bicyclic) bond motifs is 5. The summed E-state index contributed by atoms with van der Waals surface area (Å²) in [5, 5.41) is 0. The van der Waals surface area contributed by atoms with Crippen LogP contribution in [0.15, 0.2) is 0 Å². The lowest BCUT2D eigenvalue weighted by Crippen LogP contribution is -2.53. The summed E-state index contributed by atoms with van der Waals surface area (Å²) in [6.07, 6.45) is 14.0. The first-order valence-corrected chi connectivity index (χ1v) is 9.94. The van der Waals surface area contributed by atoms with Gasteiger partial charge in [-0.25, -0.2) is 0 Å². The van der Waals surface area contributed by atoms with E-state index >= 15 is 0 Å². The Morgan fingerprint density at radius 3 is 2.50 bits per heavy atom. The molecule has 0 saturated heterocycles. The molecule has 4 saturated carbocycles. The van der Waals surface area contributed by atoms with Crippen LogP contribution in [0.3, 0.4) is 0 Å². The van der Waals surface area contributed by atoms with Gasteiger partial charge in [0, 0.05) is 5.92 Å². The summed E-state index contributed by atoms with van der Waals surface area (Å²) < 4.78 is 0. The molecule has 0 amide bonds. The van der Waals surface area contributed by atoms with Crippen LogP contribution in [0.2, 0.25) is 0 Å². The van der Waals surface area contributed by atoms with Crippen LogP contribution >= 0.6 is 0 Å². The van der Waals surface area contributed by atoms with Gasteiger partial charge in [0.2, 0.25) is 0 Å². The number of hydrogen-bond acceptors (Lipinski definition) is 1. The Morgan fingerprint density at radius 2 is 1.73 bits per heavy atom. The molecule has 22 heavy (non-hydrogen) atoms. The van der Waals surface area contributed by atoms with E-state index in [9.17, 15) is 4.79 Å². The molecular weight excluding hydrogens is 268 g/mol. The molecule has 4 aliphatic carbocycles. The van der Waals surface area contributed by atoms with E-state index in [-0.39, 0.29) is 0 Å². The van der Waals surface area contributed by atoms with Crippen LogP contribution in [-0.2, 0) is 4.79 Å². The van der Waals surface area contributed by atoms with E-state index in [0.29, 0.717) is 22.5 Å². The first kappa shape index (κ1) is 15.2. The summed E-state index contributed by atoms with van der Waals surface area (Å²) in [4.78, 5) is 11.9. The van der Waals surface area contributed by atoms with Crippen molar-refractivity contribution in [2.45, 2.75) is 85.0 Å². The highest BCUT2D eigenvalue weighted by molar-refractivity contribution is 5.78. The molecule has 0 heterocycles. The zero-order valence-electron chi connectivity index (χ0n) is 14.9. The van der Waals surface area contributed by atoms with Gasteiger partial charge in [-0.1, -0.05) is 20.3 Å². The normalized spacial score (nSPS) is 54.2.